The van der Waals surface area contributed by atoms with Crippen molar-refractivity contribution in [1.82, 2.24) is 0 Å². The SMILES string of the molecule is Cc1cccc(C(=O)[O-])c1C(=O)[O-].[K+].[K+]. The van der Waals surface area contributed by atoms with Crippen LogP contribution in [-0.4, -0.2) is 11.9 Å². The van der Waals surface area contributed by atoms with Crippen molar-refractivity contribution in [3.05, 3.63) is 34.9 Å². The summed E-state index contributed by atoms with van der Waals surface area (Å²) in [6, 6.07) is 4.12. The van der Waals surface area contributed by atoms with E-state index < -0.39 is 11.9 Å². The van der Waals surface area contributed by atoms with E-state index in [1.165, 1.54) is 25.1 Å². The molecule has 0 aliphatic heterocycles. The summed E-state index contributed by atoms with van der Waals surface area (Å²) in [6.45, 7) is 1.50. The maximum Gasteiger partial charge on any atom is 1.00 e. The molecule has 0 N–H and O–H groups in total. The van der Waals surface area contributed by atoms with Gasteiger partial charge in [0.25, 0.3) is 0 Å². The van der Waals surface area contributed by atoms with Crippen LogP contribution in [-0.2, 0) is 0 Å². The molecule has 1 aromatic rings. The van der Waals surface area contributed by atoms with E-state index in [4.69, 9.17) is 0 Å². The Labute approximate surface area is 172 Å². The first-order chi connectivity index (χ1) is 6.04. The number of carbonyl (C=O) groups excluding carboxylic acids is 2. The molecule has 1 aromatic carbocycles. The van der Waals surface area contributed by atoms with Crippen LogP contribution >= 0.6 is 0 Å². The molecule has 0 heterocycles. The largest absolute Gasteiger partial charge is 1.00 e. The monoisotopic (exact) mass is 256 g/mol. The van der Waals surface area contributed by atoms with Gasteiger partial charge < -0.3 is 19.8 Å². The quantitative estimate of drug-likeness (QED) is 0.492. The predicted molar refractivity (Wildman–Crippen MR) is 39.8 cm³/mol. The van der Waals surface area contributed by atoms with Gasteiger partial charge in [0, 0.05) is 11.1 Å². The minimum Gasteiger partial charge on any atom is -0.545 e. The van der Waals surface area contributed by atoms with E-state index in [9.17, 15) is 19.8 Å². The van der Waals surface area contributed by atoms with E-state index in [0.717, 1.165) is 0 Å². The van der Waals surface area contributed by atoms with Gasteiger partial charge in [-0.2, -0.15) is 0 Å². The average Bonchev–Trinajstić information content (AvgIpc) is 2.02. The van der Waals surface area contributed by atoms with E-state index in [2.05, 4.69) is 0 Å². The van der Waals surface area contributed by atoms with Crippen LogP contribution in [0.4, 0.5) is 0 Å². The van der Waals surface area contributed by atoms with Gasteiger partial charge in [-0.1, -0.05) is 18.2 Å². The molecule has 0 saturated carbocycles. The Balaban J connectivity index is 0. The predicted octanol–water partition coefficient (Wildman–Crippen LogP) is -7.27. The van der Waals surface area contributed by atoms with Crippen LogP contribution in [0.5, 0.6) is 0 Å². The minimum atomic E-state index is -1.51. The van der Waals surface area contributed by atoms with Gasteiger partial charge in [-0.25, -0.2) is 0 Å². The molecule has 0 spiro atoms. The third-order valence-corrected chi connectivity index (χ3v) is 1.70. The van der Waals surface area contributed by atoms with Crippen molar-refractivity contribution in [2.24, 2.45) is 0 Å². The smallest absolute Gasteiger partial charge is 0.545 e. The number of aryl methyl sites for hydroxylation is 1. The Bertz CT molecular complexity index is 376. The fourth-order valence-corrected chi connectivity index (χ4v) is 1.11. The zero-order chi connectivity index (χ0) is 10.0. The van der Waals surface area contributed by atoms with E-state index in [0.29, 0.717) is 5.56 Å². The van der Waals surface area contributed by atoms with Crippen molar-refractivity contribution < 1.29 is 123 Å². The second-order valence-corrected chi connectivity index (χ2v) is 2.57. The van der Waals surface area contributed by atoms with Gasteiger partial charge >= 0.3 is 103 Å². The summed E-state index contributed by atoms with van der Waals surface area (Å²) in [6.07, 6.45) is 0. The maximum absolute atomic E-state index is 10.5. The average molecular weight is 256 g/mol. The Morgan fingerprint density at radius 1 is 1.07 bits per heavy atom. The van der Waals surface area contributed by atoms with Crippen molar-refractivity contribution in [3.8, 4) is 0 Å². The van der Waals surface area contributed by atoms with E-state index in [-0.39, 0.29) is 114 Å². The van der Waals surface area contributed by atoms with Gasteiger partial charge in [0.15, 0.2) is 0 Å². The molecular weight excluding hydrogens is 250 g/mol. The number of benzene rings is 1. The number of hydrogen-bond donors (Lipinski definition) is 0. The molecule has 0 aliphatic rings. The third-order valence-electron chi connectivity index (χ3n) is 1.70. The van der Waals surface area contributed by atoms with Crippen molar-refractivity contribution in [1.29, 1.82) is 0 Å². The first-order valence-corrected chi connectivity index (χ1v) is 3.56. The number of carbonyl (C=O) groups is 2. The van der Waals surface area contributed by atoms with Gasteiger partial charge in [-0.15, -0.1) is 0 Å². The standard InChI is InChI=1S/C9H8O4.2K/c1-5-3-2-4-6(8(10)11)7(5)9(12)13;;/h2-4H,1H3,(H,10,11)(H,12,13);;/q;2*+1/p-2. The van der Waals surface area contributed by atoms with Gasteiger partial charge in [0.1, 0.15) is 0 Å². The molecule has 68 valence electrons. The van der Waals surface area contributed by atoms with Crippen LogP contribution in [0.3, 0.4) is 0 Å². The van der Waals surface area contributed by atoms with Crippen molar-refractivity contribution in [3.63, 3.8) is 0 Å². The summed E-state index contributed by atoms with van der Waals surface area (Å²) in [5.74, 6) is -3.01. The number of hydrogen-bond acceptors (Lipinski definition) is 4. The summed E-state index contributed by atoms with van der Waals surface area (Å²) in [7, 11) is 0. The number of carboxylic acid groups (broad SMARTS) is 2. The molecule has 4 nitrogen and oxygen atoms in total. The summed E-state index contributed by atoms with van der Waals surface area (Å²) in [5, 5.41) is 21.0. The molecule has 1 rings (SSSR count). The fourth-order valence-electron chi connectivity index (χ4n) is 1.11. The minimum absolute atomic E-state index is 0. The molecule has 15 heavy (non-hydrogen) atoms. The van der Waals surface area contributed by atoms with Gasteiger partial charge in [0.2, 0.25) is 0 Å². The fraction of sp³-hybridized carbons (Fsp3) is 0.111. The molecule has 0 amide bonds. The van der Waals surface area contributed by atoms with Crippen LogP contribution in [0.2, 0.25) is 0 Å². The Morgan fingerprint density at radius 3 is 1.93 bits per heavy atom. The second kappa shape index (κ2) is 8.51. The molecular formula is C9H6K2O4. The summed E-state index contributed by atoms with van der Waals surface area (Å²) < 4.78 is 0. The summed E-state index contributed by atoms with van der Waals surface area (Å²) in [4.78, 5) is 21.0. The Morgan fingerprint density at radius 2 is 1.60 bits per heavy atom. The molecule has 0 aromatic heterocycles. The zero-order valence-corrected chi connectivity index (χ0v) is 15.1. The van der Waals surface area contributed by atoms with Crippen LogP contribution in [0.15, 0.2) is 18.2 Å². The topological polar surface area (TPSA) is 80.3 Å². The van der Waals surface area contributed by atoms with E-state index in [1.807, 2.05) is 0 Å². The Hall–Kier alpha value is 1.43. The van der Waals surface area contributed by atoms with E-state index >= 15 is 0 Å². The van der Waals surface area contributed by atoms with Gasteiger partial charge in [-0.3, -0.25) is 0 Å². The number of carboxylic acids is 2. The first-order valence-electron chi connectivity index (χ1n) is 3.56. The maximum atomic E-state index is 10.5. The van der Waals surface area contributed by atoms with Crippen molar-refractivity contribution >= 4 is 11.9 Å². The van der Waals surface area contributed by atoms with Gasteiger partial charge in [-0.05, 0) is 12.5 Å². The first kappa shape index (κ1) is 18.8. The number of rotatable bonds is 2. The Kier molecular flexibility index (Phi) is 10.7. The molecule has 0 bridgehead atoms. The van der Waals surface area contributed by atoms with Crippen LogP contribution in [0.1, 0.15) is 26.3 Å². The van der Waals surface area contributed by atoms with Crippen molar-refractivity contribution in [2.75, 3.05) is 0 Å². The second-order valence-electron chi connectivity index (χ2n) is 2.57. The van der Waals surface area contributed by atoms with E-state index in [1.54, 1.807) is 0 Å². The van der Waals surface area contributed by atoms with Gasteiger partial charge in [0.05, 0.1) is 11.9 Å². The molecule has 0 radical (unpaired) electrons. The van der Waals surface area contributed by atoms with Crippen molar-refractivity contribution in [2.45, 2.75) is 6.92 Å². The van der Waals surface area contributed by atoms with Crippen LogP contribution in [0.25, 0.3) is 0 Å². The molecule has 0 fully saturated rings. The normalized spacial score (nSPS) is 8.33. The number of aromatic carboxylic acids is 2. The van der Waals surface area contributed by atoms with Crippen LogP contribution in [0, 0.1) is 6.92 Å². The molecule has 0 atom stereocenters. The van der Waals surface area contributed by atoms with Crippen LogP contribution < -0.4 is 113 Å². The third kappa shape index (κ3) is 5.07. The summed E-state index contributed by atoms with van der Waals surface area (Å²) >= 11 is 0. The molecule has 0 aliphatic carbocycles. The molecule has 0 unspecified atom stereocenters. The summed E-state index contributed by atoms with van der Waals surface area (Å²) in [5.41, 5.74) is -0.316. The molecule has 0 saturated heterocycles. The molecule has 6 heteroatoms. The zero-order valence-electron chi connectivity index (χ0n) is 8.87.